The van der Waals surface area contributed by atoms with Crippen molar-refractivity contribution in [3.05, 3.63) is 29.8 Å². The lowest BCUT2D eigenvalue weighted by Gasteiger charge is -2.21. The molecule has 0 atom stereocenters. The Bertz CT molecular complexity index is 526. The summed E-state index contributed by atoms with van der Waals surface area (Å²) >= 11 is 0. The second-order valence-corrected chi connectivity index (χ2v) is 6.56. The number of hydrogen-bond acceptors (Lipinski definition) is 4. The monoisotopic (exact) mass is 269 g/mol. The first-order chi connectivity index (χ1) is 8.37. The van der Waals surface area contributed by atoms with Gasteiger partial charge in [0.15, 0.2) is 9.84 Å². The number of nitrogens with two attached hydrogens (primary N) is 1. The van der Waals surface area contributed by atoms with Crippen LogP contribution < -0.4 is 10.6 Å². The number of para-hydroxylation sites is 1. The molecule has 0 aliphatic carbocycles. The predicted molar refractivity (Wildman–Crippen MR) is 75.1 cm³/mol. The molecule has 0 aliphatic heterocycles. The summed E-state index contributed by atoms with van der Waals surface area (Å²) in [4.78, 5) is 1.81. The third kappa shape index (κ3) is 3.73. The number of nitrogens with one attached hydrogen (secondary N) is 1. The molecule has 0 amide bonds. The number of rotatable bonds is 6. The van der Waals surface area contributed by atoms with Gasteiger partial charge < -0.3 is 10.6 Å². The molecule has 0 radical (unpaired) electrons. The smallest absolute Gasteiger partial charge is 0.151 e. The van der Waals surface area contributed by atoms with Gasteiger partial charge in [0.05, 0.1) is 5.75 Å². The molecule has 0 spiro atoms. The highest BCUT2D eigenvalue weighted by Crippen LogP contribution is 2.18. The fraction of sp³-hybridized carbons (Fsp3) is 0.417. The third-order valence-corrected chi connectivity index (χ3v) is 4.47. The van der Waals surface area contributed by atoms with Gasteiger partial charge in [-0.2, -0.15) is 0 Å². The Hall–Kier alpha value is -1.56. The molecule has 0 heterocycles. The molecule has 1 aromatic carbocycles. The summed E-state index contributed by atoms with van der Waals surface area (Å²) in [7, 11) is -1.18. The number of hydrogen-bond donors (Lipinski definition) is 2. The molecule has 5 nitrogen and oxygen atoms in total. The van der Waals surface area contributed by atoms with E-state index in [9.17, 15) is 8.42 Å². The van der Waals surface area contributed by atoms with Crippen LogP contribution in [0.4, 0.5) is 5.69 Å². The van der Waals surface area contributed by atoms with Gasteiger partial charge in [0.1, 0.15) is 5.84 Å². The topological polar surface area (TPSA) is 87.2 Å². The van der Waals surface area contributed by atoms with Crippen molar-refractivity contribution >= 4 is 21.4 Å². The van der Waals surface area contributed by atoms with E-state index in [4.69, 9.17) is 11.1 Å². The number of benzene rings is 1. The van der Waals surface area contributed by atoms with Crippen LogP contribution in [0.5, 0.6) is 0 Å². The first-order valence-corrected chi connectivity index (χ1v) is 7.54. The summed E-state index contributed by atoms with van der Waals surface area (Å²) in [6.45, 7) is 2.03. The molecule has 0 fully saturated rings. The molecule has 0 saturated carbocycles. The van der Waals surface area contributed by atoms with Crippen LogP contribution in [0, 0.1) is 5.41 Å². The minimum absolute atomic E-state index is 0.0178. The molecule has 1 aromatic rings. The van der Waals surface area contributed by atoms with Crippen molar-refractivity contribution in [3.8, 4) is 0 Å². The molecule has 0 aromatic heterocycles. The van der Waals surface area contributed by atoms with Crippen molar-refractivity contribution in [2.24, 2.45) is 5.73 Å². The van der Waals surface area contributed by atoms with E-state index in [1.807, 2.05) is 17.0 Å². The fourth-order valence-electron chi connectivity index (χ4n) is 1.58. The van der Waals surface area contributed by atoms with Crippen molar-refractivity contribution in [1.29, 1.82) is 5.41 Å². The van der Waals surface area contributed by atoms with E-state index in [2.05, 4.69) is 0 Å². The summed E-state index contributed by atoms with van der Waals surface area (Å²) in [6, 6.07) is 7.22. The van der Waals surface area contributed by atoms with Crippen molar-refractivity contribution in [1.82, 2.24) is 0 Å². The molecule has 6 heteroatoms. The molecule has 3 N–H and O–H groups in total. The average molecular weight is 269 g/mol. The highest BCUT2D eigenvalue weighted by atomic mass is 32.2. The van der Waals surface area contributed by atoms with Crippen LogP contribution in [0.3, 0.4) is 0 Å². The highest BCUT2D eigenvalue weighted by molar-refractivity contribution is 7.91. The van der Waals surface area contributed by atoms with Gasteiger partial charge in [-0.15, -0.1) is 0 Å². The number of anilines is 1. The lowest BCUT2D eigenvalue weighted by atomic mass is 10.1. The van der Waals surface area contributed by atoms with E-state index in [1.54, 1.807) is 26.1 Å². The van der Waals surface area contributed by atoms with Crippen LogP contribution >= 0.6 is 0 Å². The Balaban J connectivity index is 2.85. The summed E-state index contributed by atoms with van der Waals surface area (Å²) in [5.41, 5.74) is 6.89. The normalized spacial score (nSPS) is 11.2. The molecular formula is C12H19N3O2S. The number of nitrogen functional groups attached to an aromatic ring is 1. The van der Waals surface area contributed by atoms with Gasteiger partial charge in [-0.1, -0.05) is 19.1 Å². The zero-order chi connectivity index (χ0) is 13.8. The van der Waals surface area contributed by atoms with Gasteiger partial charge >= 0.3 is 0 Å². The summed E-state index contributed by atoms with van der Waals surface area (Å²) in [5.74, 6) is 0.234. The third-order valence-electron chi connectivity index (χ3n) is 2.78. The van der Waals surface area contributed by atoms with Crippen molar-refractivity contribution in [2.45, 2.75) is 6.92 Å². The van der Waals surface area contributed by atoms with Gasteiger partial charge in [-0.25, -0.2) is 8.42 Å². The fourth-order valence-corrected chi connectivity index (χ4v) is 2.42. The van der Waals surface area contributed by atoms with Gasteiger partial charge in [0.2, 0.25) is 0 Å². The Morgan fingerprint density at radius 2 is 2.00 bits per heavy atom. The SMILES string of the molecule is CCS(=O)(=O)CCN(C)c1ccccc1C(=N)N. The lowest BCUT2D eigenvalue weighted by molar-refractivity contribution is 0.596. The Morgan fingerprint density at radius 1 is 1.39 bits per heavy atom. The number of sulfone groups is 1. The number of nitrogens with zero attached hydrogens (tertiary/aromatic N) is 1. The van der Waals surface area contributed by atoms with Gasteiger partial charge in [0.25, 0.3) is 0 Å². The molecular weight excluding hydrogens is 250 g/mol. The zero-order valence-electron chi connectivity index (χ0n) is 10.7. The van der Waals surface area contributed by atoms with E-state index in [-0.39, 0.29) is 17.3 Å². The summed E-state index contributed by atoms with van der Waals surface area (Å²) < 4.78 is 22.9. The quantitative estimate of drug-likeness (QED) is 0.592. The maximum Gasteiger partial charge on any atom is 0.151 e. The maximum absolute atomic E-state index is 11.5. The van der Waals surface area contributed by atoms with Crippen molar-refractivity contribution < 1.29 is 8.42 Å². The zero-order valence-corrected chi connectivity index (χ0v) is 11.5. The van der Waals surface area contributed by atoms with Crippen LogP contribution in [-0.4, -0.2) is 39.4 Å². The average Bonchev–Trinajstić information content (AvgIpc) is 2.36. The molecule has 0 saturated heterocycles. The van der Waals surface area contributed by atoms with Crippen LogP contribution in [0.2, 0.25) is 0 Å². The standard InChI is InChI=1S/C12H19N3O2S/c1-3-18(16,17)9-8-15(2)11-7-5-4-6-10(11)12(13)14/h4-7H,3,8-9H2,1-2H3,(H3,13,14). The first-order valence-electron chi connectivity index (χ1n) is 5.72. The van der Waals surface area contributed by atoms with Crippen molar-refractivity contribution in [2.75, 3.05) is 30.0 Å². The maximum atomic E-state index is 11.5. The molecule has 0 aliphatic rings. The highest BCUT2D eigenvalue weighted by Gasteiger charge is 2.12. The molecule has 1 rings (SSSR count). The number of amidine groups is 1. The van der Waals surface area contributed by atoms with Crippen molar-refractivity contribution in [3.63, 3.8) is 0 Å². The van der Waals surface area contributed by atoms with Crippen LogP contribution in [-0.2, 0) is 9.84 Å². The van der Waals surface area contributed by atoms with Crippen LogP contribution in [0.1, 0.15) is 12.5 Å². The second kappa shape index (κ2) is 5.86. The Morgan fingerprint density at radius 3 is 2.56 bits per heavy atom. The van der Waals surface area contributed by atoms with Gasteiger partial charge in [-0.3, -0.25) is 5.41 Å². The first kappa shape index (κ1) is 14.5. The van der Waals surface area contributed by atoms with E-state index < -0.39 is 9.84 Å². The Labute approximate surface area is 108 Å². The van der Waals surface area contributed by atoms with E-state index in [0.29, 0.717) is 12.1 Å². The predicted octanol–water partition coefficient (Wildman–Crippen LogP) is 0.842. The minimum Gasteiger partial charge on any atom is -0.384 e. The van der Waals surface area contributed by atoms with Gasteiger partial charge in [-0.05, 0) is 12.1 Å². The van der Waals surface area contributed by atoms with E-state index >= 15 is 0 Å². The Kier molecular flexibility index (Phi) is 4.72. The molecule has 0 unspecified atom stereocenters. The van der Waals surface area contributed by atoms with E-state index in [0.717, 1.165) is 5.69 Å². The summed E-state index contributed by atoms with van der Waals surface area (Å²) in [5, 5.41) is 7.49. The molecule has 0 bridgehead atoms. The summed E-state index contributed by atoms with van der Waals surface area (Å²) in [6.07, 6.45) is 0. The lowest BCUT2D eigenvalue weighted by Crippen LogP contribution is -2.28. The van der Waals surface area contributed by atoms with Crippen LogP contribution in [0.25, 0.3) is 0 Å². The minimum atomic E-state index is -2.98. The van der Waals surface area contributed by atoms with Crippen LogP contribution in [0.15, 0.2) is 24.3 Å². The second-order valence-electron chi connectivity index (χ2n) is 4.09. The molecule has 100 valence electrons. The van der Waals surface area contributed by atoms with Gasteiger partial charge in [0, 0.05) is 30.6 Å². The molecule has 18 heavy (non-hydrogen) atoms. The largest absolute Gasteiger partial charge is 0.384 e. The van der Waals surface area contributed by atoms with E-state index in [1.165, 1.54) is 0 Å².